The highest BCUT2D eigenvalue weighted by molar-refractivity contribution is 5.97. The zero-order valence-electron chi connectivity index (χ0n) is 15.9. The Labute approximate surface area is 155 Å². The van der Waals surface area contributed by atoms with E-state index in [-0.39, 0.29) is 17.9 Å². The van der Waals surface area contributed by atoms with Gasteiger partial charge < -0.3 is 15.2 Å². The average Bonchev–Trinajstić information content (AvgIpc) is 3.02. The molecule has 1 aromatic heterocycles. The van der Waals surface area contributed by atoms with Crippen molar-refractivity contribution in [2.24, 2.45) is 0 Å². The maximum atomic E-state index is 12.7. The number of nitrogens with zero attached hydrogens (tertiary/aromatic N) is 2. The summed E-state index contributed by atoms with van der Waals surface area (Å²) in [6.07, 6.45) is 10.9. The summed E-state index contributed by atoms with van der Waals surface area (Å²) in [5, 5.41) is 5.89. The zero-order chi connectivity index (χ0) is 18.5. The number of aromatic nitrogens is 2. The molecule has 0 radical (unpaired) electrons. The monoisotopic (exact) mass is 358 g/mol. The van der Waals surface area contributed by atoms with Crippen LogP contribution in [0.3, 0.4) is 0 Å². The van der Waals surface area contributed by atoms with E-state index < -0.39 is 0 Å². The Balaban J connectivity index is 1.70. The summed E-state index contributed by atoms with van der Waals surface area (Å²) in [4.78, 5) is 29.6. The van der Waals surface area contributed by atoms with Crippen LogP contribution in [0.25, 0.3) is 0 Å². The lowest BCUT2D eigenvalue weighted by atomic mass is 9.97. The third-order valence-electron chi connectivity index (χ3n) is 5.07. The Kier molecular flexibility index (Phi) is 6.12. The quantitative estimate of drug-likeness (QED) is 0.768. The standard InChI is InChI=1S/C20H30N4O2/c1-14(2)22-19(25)17-16-10-6-7-13-24(16)18(23-17)20(26)21-12-11-15-8-4-3-5-9-15/h8,14H,3-7,9-13H2,1-2H3,(H,21,26)(H,22,25). The van der Waals surface area contributed by atoms with E-state index in [0.717, 1.165) is 50.8 Å². The minimum Gasteiger partial charge on any atom is -0.349 e. The number of amides is 2. The number of imidazole rings is 1. The van der Waals surface area contributed by atoms with Gasteiger partial charge in [0.1, 0.15) is 5.69 Å². The van der Waals surface area contributed by atoms with Crippen molar-refractivity contribution in [2.45, 2.75) is 77.8 Å². The molecule has 6 heteroatoms. The van der Waals surface area contributed by atoms with Crippen LogP contribution in [0.4, 0.5) is 0 Å². The maximum Gasteiger partial charge on any atom is 0.287 e. The van der Waals surface area contributed by atoms with Crippen LogP contribution >= 0.6 is 0 Å². The lowest BCUT2D eigenvalue weighted by molar-refractivity contribution is 0.0936. The van der Waals surface area contributed by atoms with E-state index in [0.29, 0.717) is 18.1 Å². The number of allylic oxidation sites excluding steroid dienone is 1. The van der Waals surface area contributed by atoms with Crippen molar-refractivity contribution in [3.8, 4) is 0 Å². The van der Waals surface area contributed by atoms with Gasteiger partial charge in [-0.25, -0.2) is 4.98 Å². The minimum atomic E-state index is -0.183. The van der Waals surface area contributed by atoms with Crippen LogP contribution in [-0.4, -0.2) is 34.0 Å². The second-order valence-electron chi connectivity index (χ2n) is 7.58. The Morgan fingerprint density at radius 3 is 2.69 bits per heavy atom. The van der Waals surface area contributed by atoms with E-state index in [1.54, 1.807) is 0 Å². The summed E-state index contributed by atoms with van der Waals surface area (Å²) >= 11 is 0. The molecule has 2 aliphatic rings. The van der Waals surface area contributed by atoms with Crippen molar-refractivity contribution < 1.29 is 9.59 Å². The fourth-order valence-corrected chi connectivity index (χ4v) is 3.78. The molecule has 1 aliphatic carbocycles. The Hall–Kier alpha value is -2.11. The van der Waals surface area contributed by atoms with E-state index in [1.165, 1.54) is 18.4 Å². The largest absolute Gasteiger partial charge is 0.349 e. The van der Waals surface area contributed by atoms with Crippen molar-refractivity contribution in [1.29, 1.82) is 0 Å². The molecular formula is C20H30N4O2. The van der Waals surface area contributed by atoms with E-state index in [2.05, 4.69) is 21.7 Å². The van der Waals surface area contributed by atoms with Gasteiger partial charge in [-0.3, -0.25) is 9.59 Å². The molecule has 0 atom stereocenters. The van der Waals surface area contributed by atoms with Crippen molar-refractivity contribution in [3.63, 3.8) is 0 Å². The third-order valence-corrected chi connectivity index (χ3v) is 5.07. The molecule has 1 aliphatic heterocycles. The second kappa shape index (κ2) is 8.52. The van der Waals surface area contributed by atoms with Crippen LogP contribution < -0.4 is 10.6 Å². The first-order chi connectivity index (χ1) is 12.6. The number of hydrogen-bond acceptors (Lipinski definition) is 3. The maximum absolute atomic E-state index is 12.7. The molecule has 0 saturated carbocycles. The Morgan fingerprint density at radius 2 is 1.96 bits per heavy atom. The molecular weight excluding hydrogens is 328 g/mol. The molecule has 0 unspecified atom stereocenters. The highest BCUT2D eigenvalue weighted by Gasteiger charge is 2.27. The fraction of sp³-hybridized carbons (Fsp3) is 0.650. The first-order valence-corrected chi connectivity index (χ1v) is 9.92. The van der Waals surface area contributed by atoms with E-state index >= 15 is 0 Å². The molecule has 2 heterocycles. The van der Waals surface area contributed by atoms with Gasteiger partial charge in [-0.1, -0.05) is 11.6 Å². The SMILES string of the molecule is CC(C)NC(=O)c1nc(C(=O)NCCC2=CCCCC2)n2c1CCCC2. The second-order valence-corrected chi connectivity index (χ2v) is 7.58. The van der Waals surface area contributed by atoms with Gasteiger partial charge in [-0.2, -0.15) is 0 Å². The fourth-order valence-electron chi connectivity index (χ4n) is 3.78. The number of fused-ring (bicyclic) bond motifs is 1. The average molecular weight is 358 g/mol. The highest BCUT2D eigenvalue weighted by Crippen LogP contribution is 2.22. The molecule has 1 aromatic rings. The molecule has 0 spiro atoms. The molecule has 0 aromatic carbocycles. The normalized spacial score (nSPS) is 16.8. The number of nitrogens with one attached hydrogen (secondary N) is 2. The Morgan fingerprint density at radius 1 is 1.15 bits per heavy atom. The summed E-state index contributed by atoms with van der Waals surface area (Å²) in [6.45, 7) is 5.23. The molecule has 2 amide bonds. The highest BCUT2D eigenvalue weighted by atomic mass is 16.2. The van der Waals surface area contributed by atoms with Crippen LogP contribution in [-0.2, 0) is 13.0 Å². The molecule has 3 rings (SSSR count). The van der Waals surface area contributed by atoms with E-state index in [9.17, 15) is 9.59 Å². The van der Waals surface area contributed by atoms with Crippen LogP contribution in [0.15, 0.2) is 11.6 Å². The number of rotatable bonds is 6. The molecule has 0 bridgehead atoms. The van der Waals surface area contributed by atoms with Crippen molar-refractivity contribution >= 4 is 11.8 Å². The van der Waals surface area contributed by atoms with E-state index in [4.69, 9.17) is 0 Å². The van der Waals surface area contributed by atoms with Crippen molar-refractivity contribution in [3.05, 3.63) is 28.9 Å². The van der Waals surface area contributed by atoms with E-state index in [1.807, 2.05) is 18.4 Å². The molecule has 26 heavy (non-hydrogen) atoms. The first-order valence-electron chi connectivity index (χ1n) is 9.92. The number of carbonyl (C=O) groups excluding carboxylic acids is 2. The number of hydrogen-bond donors (Lipinski definition) is 2. The lowest BCUT2D eigenvalue weighted by Gasteiger charge is -2.17. The van der Waals surface area contributed by atoms with Crippen LogP contribution in [0, 0.1) is 0 Å². The molecule has 142 valence electrons. The summed E-state index contributed by atoms with van der Waals surface area (Å²) in [5.74, 6) is 0.0245. The summed E-state index contributed by atoms with van der Waals surface area (Å²) in [7, 11) is 0. The van der Waals surface area contributed by atoms with Gasteiger partial charge in [0, 0.05) is 19.1 Å². The Bertz CT molecular complexity index is 703. The lowest BCUT2D eigenvalue weighted by Crippen LogP contribution is -2.31. The molecule has 0 fully saturated rings. The van der Waals surface area contributed by atoms with Crippen molar-refractivity contribution in [2.75, 3.05) is 6.54 Å². The van der Waals surface area contributed by atoms with Crippen molar-refractivity contribution in [1.82, 2.24) is 20.2 Å². The topological polar surface area (TPSA) is 76.0 Å². The van der Waals surface area contributed by atoms with Gasteiger partial charge in [0.2, 0.25) is 0 Å². The van der Waals surface area contributed by atoms with Gasteiger partial charge in [-0.15, -0.1) is 0 Å². The summed E-state index contributed by atoms with van der Waals surface area (Å²) in [6, 6.07) is 0.0458. The molecule has 2 N–H and O–H groups in total. The van der Waals surface area contributed by atoms with Gasteiger partial charge in [0.25, 0.3) is 11.8 Å². The van der Waals surface area contributed by atoms with Crippen LogP contribution in [0.5, 0.6) is 0 Å². The molecule has 0 saturated heterocycles. The van der Waals surface area contributed by atoms with Gasteiger partial charge >= 0.3 is 0 Å². The zero-order valence-corrected chi connectivity index (χ0v) is 15.9. The number of carbonyl (C=O) groups is 2. The van der Waals surface area contributed by atoms with Crippen LogP contribution in [0.2, 0.25) is 0 Å². The van der Waals surface area contributed by atoms with Gasteiger partial charge in [0.05, 0.1) is 5.69 Å². The van der Waals surface area contributed by atoms with Gasteiger partial charge in [0.15, 0.2) is 5.82 Å². The van der Waals surface area contributed by atoms with Gasteiger partial charge in [-0.05, 0) is 65.2 Å². The predicted octanol–water partition coefficient (Wildman–Crippen LogP) is 2.98. The predicted molar refractivity (Wildman–Crippen MR) is 101 cm³/mol. The summed E-state index contributed by atoms with van der Waals surface area (Å²) < 4.78 is 1.94. The third kappa shape index (κ3) is 4.34. The smallest absolute Gasteiger partial charge is 0.287 e. The minimum absolute atomic E-state index is 0.0458. The first kappa shape index (κ1) is 18.7. The molecule has 6 nitrogen and oxygen atoms in total. The van der Waals surface area contributed by atoms with Crippen LogP contribution in [0.1, 0.15) is 85.6 Å². The summed E-state index contributed by atoms with van der Waals surface area (Å²) in [5.41, 5.74) is 2.76.